The predicted molar refractivity (Wildman–Crippen MR) is 45.2 cm³/mol. The van der Waals surface area contributed by atoms with Crippen LogP contribution in [0.1, 0.15) is 11.1 Å². The predicted octanol–water partition coefficient (Wildman–Crippen LogP) is 3.31. The Kier molecular flexibility index (Phi) is 2.58. The highest BCUT2D eigenvalue weighted by molar-refractivity contribution is 6.54. The van der Waals surface area contributed by atoms with Gasteiger partial charge in [0.2, 0.25) is 0 Å². The fraction of sp³-hybridized carbons (Fsp3) is 0.125. The molecule has 1 aromatic rings. The first-order valence-electron chi connectivity index (χ1n) is 2.95. The van der Waals surface area contributed by atoms with Crippen LogP contribution in [0.15, 0.2) is 24.3 Å². The normalized spacial score (nSPS) is 10.4. The maximum absolute atomic E-state index is 5.54. The quantitative estimate of drug-likeness (QED) is 0.612. The molecule has 0 saturated carbocycles. The minimum absolute atomic E-state index is 0.319. The van der Waals surface area contributed by atoms with Crippen molar-refractivity contribution in [1.82, 2.24) is 0 Å². The molecule has 0 unspecified atom stereocenters. The van der Waals surface area contributed by atoms with Crippen molar-refractivity contribution in [2.75, 3.05) is 0 Å². The second kappa shape index (κ2) is 3.27. The molecular formula is C8H7Cl2. The fourth-order valence-electron chi connectivity index (χ4n) is 0.680. The van der Waals surface area contributed by atoms with Gasteiger partial charge in [-0.3, -0.25) is 0 Å². The molecule has 10 heavy (non-hydrogen) atoms. The molecule has 0 amide bonds. The van der Waals surface area contributed by atoms with E-state index in [1.165, 1.54) is 5.56 Å². The molecule has 0 aliphatic heterocycles. The number of benzene rings is 1. The lowest BCUT2D eigenvalue weighted by molar-refractivity contribution is 1.43. The molecule has 2 heteroatoms. The fourth-order valence-corrected chi connectivity index (χ4v) is 0.932. The average Bonchev–Trinajstić information content (AvgIpc) is 1.88. The minimum Gasteiger partial charge on any atom is -0.0925 e. The molecule has 0 spiro atoms. The van der Waals surface area contributed by atoms with E-state index in [-0.39, 0.29) is 0 Å². The van der Waals surface area contributed by atoms with Gasteiger partial charge in [0.05, 0.1) is 0 Å². The van der Waals surface area contributed by atoms with E-state index in [4.69, 9.17) is 23.2 Å². The van der Waals surface area contributed by atoms with Crippen LogP contribution in [0, 0.1) is 11.8 Å². The molecule has 1 rings (SSSR count). The summed E-state index contributed by atoms with van der Waals surface area (Å²) in [4.78, 5) is 0.319. The summed E-state index contributed by atoms with van der Waals surface area (Å²) in [6.45, 7) is 2.02. The highest BCUT2D eigenvalue weighted by Crippen LogP contribution is 2.22. The molecule has 0 fully saturated rings. The highest BCUT2D eigenvalue weighted by Gasteiger charge is 2.01. The third kappa shape index (κ3) is 1.89. The first-order chi connectivity index (χ1) is 4.70. The molecular weight excluding hydrogens is 167 g/mol. The van der Waals surface area contributed by atoms with E-state index in [1.54, 1.807) is 0 Å². The lowest BCUT2D eigenvalue weighted by Gasteiger charge is -1.98. The zero-order valence-electron chi connectivity index (χ0n) is 5.57. The van der Waals surface area contributed by atoms with Crippen molar-refractivity contribution in [3.63, 3.8) is 0 Å². The van der Waals surface area contributed by atoms with Crippen molar-refractivity contribution in [3.05, 3.63) is 40.2 Å². The van der Waals surface area contributed by atoms with Gasteiger partial charge in [0.15, 0.2) is 4.84 Å². The Balaban J connectivity index is 2.89. The van der Waals surface area contributed by atoms with Gasteiger partial charge in [-0.05, 0) is 12.5 Å². The van der Waals surface area contributed by atoms with Gasteiger partial charge in [-0.1, -0.05) is 53.0 Å². The van der Waals surface area contributed by atoms with E-state index in [0.29, 0.717) is 4.84 Å². The molecule has 0 aromatic heterocycles. The van der Waals surface area contributed by atoms with Crippen molar-refractivity contribution >= 4 is 23.2 Å². The summed E-state index contributed by atoms with van der Waals surface area (Å²) >= 11 is 11.1. The van der Waals surface area contributed by atoms with Crippen LogP contribution in [0.2, 0.25) is 0 Å². The minimum atomic E-state index is 0.319. The zero-order valence-corrected chi connectivity index (χ0v) is 7.08. The summed E-state index contributed by atoms with van der Waals surface area (Å²) in [6, 6.07) is 7.73. The Morgan fingerprint density at radius 1 is 1.10 bits per heavy atom. The third-order valence-corrected chi connectivity index (χ3v) is 1.71. The number of hydrogen-bond donors (Lipinski definition) is 0. The standard InChI is InChI=1S/C8H7Cl2/c1-6-2-4-7(5-3-6)8(9)10/h2-5H,1H3. The van der Waals surface area contributed by atoms with Crippen molar-refractivity contribution in [1.29, 1.82) is 0 Å². The molecule has 1 aromatic carbocycles. The molecule has 53 valence electrons. The molecule has 0 N–H and O–H groups in total. The van der Waals surface area contributed by atoms with Crippen LogP contribution in [0.5, 0.6) is 0 Å². The van der Waals surface area contributed by atoms with Gasteiger partial charge in [0.25, 0.3) is 0 Å². The van der Waals surface area contributed by atoms with E-state index < -0.39 is 0 Å². The molecule has 0 aliphatic carbocycles. The van der Waals surface area contributed by atoms with Crippen LogP contribution in [0.3, 0.4) is 0 Å². The second-order valence-corrected chi connectivity index (χ2v) is 3.08. The topological polar surface area (TPSA) is 0 Å². The summed E-state index contributed by atoms with van der Waals surface area (Å²) in [6.07, 6.45) is 0. The summed E-state index contributed by atoms with van der Waals surface area (Å²) in [7, 11) is 0. The van der Waals surface area contributed by atoms with Crippen LogP contribution in [-0.4, -0.2) is 0 Å². The Bertz CT molecular complexity index is 201. The Hall–Kier alpha value is -0.200. The van der Waals surface area contributed by atoms with Gasteiger partial charge in [-0.2, -0.15) is 0 Å². The summed E-state index contributed by atoms with van der Waals surface area (Å²) in [5.41, 5.74) is 2.08. The van der Waals surface area contributed by atoms with Gasteiger partial charge in [0, 0.05) is 0 Å². The van der Waals surface area contributed by atoms with Crippen LogP contribution >= 0.6 is 23.2 Å². The van der Waals surface area contributed by atoms with Gasteiger partial charge in [-0.25, -0.2) is 0 Å². The third-order valence-electron chi connectivity index (χ3n) is 1.27. The smallest absolute Gasteiger partial charge is 0.0925 e. The number of aryl methyl sites for hydroxylation is 1. The molecule has 0 saturated heterocycles. The first-order valence-corrected chi connectivity index (χ1v) is 3.71. The molecule has 0 atom stereocenters. The van der Waals surface area contributed by atoms with Gasteiger partial charge >= 0.3 is 0 Å². The molecule has 1 radical (unpaired) electrons. The Morgan fingerprint density at radius 2 is 1.60 bits per heavy atom. The van der Waals surface area contributed by atoms with E-state index >= 15 is 0 Å². The van der Waals surface area contributed by atoms with Crippen LogP contribution < -0.4 is 0 Å². The number of hydrogen-bond acceptors (Lipinski definition) is 0. The van der Waals surface area contributed by atoms with Crippen LogP contribution in [0.4, 0.5) is 0 Å². The van der Waals surface area contributed by atoms with Crippen molar-refractivity contribution in [2.45, 2.75) is 6.92 Å². The van der Waals surface area contributed by atoms with Crippen LogP contribution in [-0.2, 0) is 0 Å². The molecule has 0 bridgehead atoms. The maximum Gasteiger partial charge on any atom is 0.180 e. The maximum atomic E-state index is 5.54. The zero-order chi connectivity index (χ0) is 7.56. The monoisotopic (exact) mass is 173 g/mol. The van der Waals surface area contributed by atoms with Crippen LogP contribution in [0.25, 0.3) is 0 Å². The van der Waals surface area contributed by atoms with Crippen molar-refractivity contribution in [2.24, 2.45) is 0 Å². The first kappa shape index (κ1) is 7.90. The summed E-state index contributed by atoms with van der Waals surface area (Å²) in [5.74, 6) is 0. The largest absolute Gasteiger partial charge is 0.180 e. The van der Waals surface area contributed by atoms with E-state index in [1.807, 2.05) is 31.2 Å². The lowest BCUT2D eigenvalue weighted by atomic mass is 10.2. The molecule has 0 nitrogen and oxygen atoms in total. The summed E-state index contributed by atoms with van der Waals surface area (Å²) in [5, 5.41) is 0. The van der Waals surface area contributed by atoms with E-state index in [9.17, 15) is 0 Å². The summed E-state index contributed by atoms with van der Waals surface area (Å²) < 4.78 is 0. The van der Waals surface area contributed by atoms with Gasteiger partial charge in [-0.15, -0.1) is 0 Å². The lowest BCUT2D eigenvalue weighted by Crippen LogP contribution is -1.80. The average molecular weight is 174 g/mol. The number of rotatable bonds is 1. The molecule has 0 aliphatic rings. The van der Waals surface area contributed by atoms with Gasteiger partial charge < -0.3 is 0 Å². The Labute approximate surface area is 70.8 Å². The number of halogens is 2. The van der Waals surface area contributed by atoms with E-state index in [0.717, 1.165) is 5.56 Å². The SMILES string of the molecule is Cc1ccc([C](Cl)Cl)cc1. The second-order valence-electron chi connectivity index (χ2n) is 2.13. The van der Waals surface area contributed by atoms with Crippen molar-refractivity contribution in [3.8, 4) is 0 Å². The van der Waals surface area contributed by atoms with Gasteiger partial charge in [0.1, 0.15) is 0 Å². The van der Waals surface area contributed by atoms with Crippen molar-refractivity contribution < 1.29 is 0 Å². The highest BCUT2D eigenvalue weighted by atomic mass is 35.5. The molecule has 0 heterocycles. The Morgan fingerprint density at radius 3 is 2.00 bits per heavy atom. The van der Waals surface area contributed by atoms with E-state index in [2.05, 4.69) is 0 Å².